The Hall–Kier alpha value is -3.74. The number of carboxylic acids is 1. The molecule has 0 radical (unpaired) electrons. The smallest absolute Gasteiger partial charge is 0.430 e. The zero-order valence-corrected chi connectivity index (χ0v) is 19.7. The number of alkyl halides is 3. The largest absolute Gasteiger partial charge is 0.542 e. The number of carbonyl (C=O) groups excluding carboxylic acids is 1. The molecule has 178 valence electrons. The van der Waals surface area contributed by atoms with Gasteiger partial charge < -0.3 is 9.90 Å². The summed E-state index contributed by atoms with van der Waals surface area (Å²) in [6.07, 6.45) is -5.19. The van der Waals surface area contributed by atoms with Gasteiger partial charge in [0.05, 0.1) is 24.2 Å². The average molecular weight is 516 g/mol. The lowest BCUT2D eigenvalue weighted by Gasteiger charge is -2.03. The van der Waals surface area contributed by atoms with Gasteiger partial charge in [0.15, 0.2) is 5.69 Å². The van der Waals surface area contributed by atoms with Crippen LogP contribution in [0.2, 0.25) is 5.02 Å². The van der Waals surface area contributed by atoms with Crippen LogP contribution in [0.15, 0.2) is 88.8 Å². The highest BCUT2D eigenvalue weighted by molar-refractivity contribution is 7.99. The van der Waals surface area contributed by atoms with Crippen LogP contribution in [-0.2, 0) is 11.8 Å². The first-order chi connectivity index (χ1) is 16.6. The highest BCUT2D eigenvalue weighted by atomic mass is 35.5. The topological polar surface area (TPSA) is 83.6 Å². The molecule has 0 saturated heterocycles. The molecule has 35 heavy (non-hydrogen) atoms. The first kappa shape index (κ1) is 25.9. The van der Waals surface area contributed by atoms with Gasteiger partial charge in [-0.1, -0.05) is 29.8 Å². The Bertz CT molecular complexity index is 1350. The predicted molar refractivity (Wildman–Crippen MR) is 124 cm³/mol. The monoisotopic (exact) mass is 515 g/mol. The molecular weight excluding hydrogens is 499 g/mol. The fourth-order valence-electron chi connectivity index (χ4n) is 3.10. The summed E-state index contributed by atoms with van der Waals surface area (Å²) in [5.41, 5.74) is 3.89. The van der Waals surface area contributed by atoms with E-state index in [1.165, 1.54) is 0 Å². The Morgan fingerprint density at radius 2 is 1.57 bits per heavy atom. The number of nitrogens with zero attached hydrogens (tertiary/aromatic N) is 2. The van der Waals surface area contributed by atoms with Crippen molar-refractivity contribution in [2.75, 3.05) is 0 Å². The number of carboxylic acid groups (broad SMARTS) is 1. The van der Waals surface area contributed by atoms with Gasteiger partial charge in [0, 0.05) is 15.5 Å². The number of aromatic nitrogens is 2. The quantitative estimate of drug-likeness (QED) is 0.381. The first-order valence-electron chi connectivity index (χ1n) is 9.99. The summed E-state index contributed by atoms with van der Waals surface area (Å²) in [4.78, 5) is 13.5. The van der Waals surface area contributed by atoms with Gasteiger partial charge in [0.25, 0.3) is 5.82 Å². The molecule has 0 bridgehead atoms. The minimum absolute atomic E-state index is 0.650. The number of aliphatic carboxylic acids is 1. The lowest BCUT2D eigenvalue weighted by atomic mass is 10.1. The molecule has 1 aromatic heterocycles. The molecule has 10 heteroatoms. The Kier molecular flexibility index (Phi) is 8.22. The second-order valence-electron chi connectivity index (χ2n) is 7.11. The lowest BCUT2D eigenvalue weighted by molar-refractivity contribution is -0.648. The number of hydrogen-bond donors (Lipinski definition) is 1. The van der Waals surface area contributed by atoms with Crippen LogP contribution in [0, 0.1) is 11.3 Å². The zero-order valence-electron chi connectivity index (χ0n) is 18.1. The molecule has 0 spiro atoms. The summed E-state index contributed by atoms with van der Waals surface area (Å²) < 4.78 is 33.7. The molecule has 4 rings (SSSR count). The molecule has 0 aliphatic rings. The SMILES string of the molecule is C[n+]1c(-c2ccccc2)[nH]c(Sc2ccc(Cl)cc2)c1-c1ccc(C#N)cc1.O=C([O-])C(F)(F)F. The maximum absolute atomic E-state index is 10.5. The van der Waals surface area contributed by atoms with Crippen molar-refractivity contribution in [3.8, 4) is 28.7 Å². The van der Waals surface area contributed by atoms with E-state index in [1.807, 2.05) is 66.7 Å². The van der Waals surface area contributed by atoms with E-state index in [4.69, 9.17) is 26.8 Å². The van der Waals surface area contributed by atoms with Crippen LogP contribution in [0.3, 0.4) is 0 Å². The van der Waals surface area contributed by atoms with E-state index in [0.717, 1.165) is 37.6 Å². The molecular formula is C25H17ClF3N3O2S. The van der Waals surface area contributed by atoms with Crippen molar-refractivity contribution in [1.29, 1.82) is 5.26 Å². The minimum atomic E-state index is -5.19. The third-order valence-corrected chi connectivity index (χ3v) is 5.98. The summed E-state index contributed by atoms with van der Waals surface area (Å²) in [5.74, 6) is -1.98. The summed E-state index contributed by atoms with van der Waals surface area (Å²) >= 11 is 7.69. The van der Waals surface area contributed by atoms with Gasteiger partial charge in [0.2, 0.25) is 5.03 Å². The van der Waals surface area contributed by atoms with Crippen LogP contribution in [0.25, 0.3) is 22.6 Å². The van der Waals surface area contributed by atoms with Crippen LogP contribution in [0.5, 0.6) is 0 Å². The van der Waals surface area contributed by atoms with Gasteiger partial charge in [0.1, 0.15) is 5.97 Å². The molecule has 0 aliphatic heterocycles. The van der Waals surface area contributed by atoms with E-state index >= 15 is 0 Å². The Morgan fingerprint density at radius 3 is 2.09 bits per heavy atom. The summed E-state index contributed by atoms with van der Waals surface area (Å²) in [7, 11) is 2.05. The summed E-state index contributed by atoms with van der Waals surface area (Å²) in [6, 6.07) is 27.9. The number of nitrogens with one attached hydrogen (secondary N) is 1. The number of nitriles is 1. The summed E-state index contributed by atoms with van der Waals surface area (Å²) in [6.45, 7) is 0. The van der Waals surface area contributed by atoms with E-state index in [0.29, 0.717) is 5.56 Å². The first-order valence-corrected chi connectivity index (χ1v) is 11.2. The molecule has 0 aliphatic carbocycles. The Labute approximate surface area is 208 Å². The second kappa shape index (κ2) is 11.1. The van der Waals surface area contributed by atoms with Crippen LogP contribution >= 0.6 is 23.4 Å². The van der Waals surface area contributed by atoms with Crippen molar-refractivity contribution in [2.45, 2.75) is 16.1 Å². The number of aromatic amines is 1. The van der Waals surface area contributed by atoms with E-state index < -0.39 is 12.1 Å². The second-order valence-corrected chi connectivity index (χ2v) is 8.63. The van der Waals surface area contributed by atoms with Crippen LogP contribution in [0.4, 0.5) is 13.2 Å². The zero-order chi connectivity index (χ0) is 25.6. The van der Waals surface area contributed by atoms with Crippen molar-refractivity contribution in [3.63, 3.8) is 0 Å². The molecule has 0 unspecified atom stereocenters. The van der Waals surface area contributed by atoms with E-state index in [1.54, 1.807) is 11.8 Å². The van der Waals surface area contributed by atoms with Gasteiger partial charge >= 0.3 is 6.18 Å². The number of hydrogen-bond acceptors (Lipinski definition) is 4. The van der Waals surface area contributed by atoms with E-state index in [9.17, 15) is 13.2 Å². The molecule has 0 atom stereocenters. The fraction of sp³-hybridized carbons (Fsp3) is 0.0800. The maximum Gasteiger partial charge on any atom is 0.430 e. The van der Waals surface area contributed by atoms with Crippen molar-refractivity contribution in [2.24, 2.45) is 7.05 Å². The molecule has 1 N–H and O–H groups in total. The molecule has 4 aromatic rings. The molecule has 0 fully saturated rings. The van der Waals surface area contributed by atoms with Crippen molar-refractivity contribution < 1.29 is 27.6 Å². The highest BCUT2D eigenvalue weighted by Crippen LogP contribution is 2.35. The van der Waals surface area contributed by atoms with Crippen LogP contribution < -0.4 is 9.67 Å². The van der Waals surface area contributed by atoms with Gasteiger partial charge in [-0.15, -0.1) is 0 Å². The van der Waals surface area contributed by atoms with E-state index in [-0.39, 0.29) is 0 Å². The molecule has 0 amide bonds. The molecule has 5 nitrogen and oxygen atoms in total. The lowest BCUT2D eigenvalue weighted by Crippen LogP contribution is -2.37. The number of imidazole rings is 1. The highest BCUT2D eigenvalue weighted by Gasteiger charge is 2.29. The minimum Gasteiger partial charge on any atom is -0.542 e. The van der Waals surface area contributed by atoms with Crippen LogP contribution in [0.1, 0.15) is 5.56 Å². The number of rotatable bonds is 4. The van der Waals surface area contributed by atoms with E-state index in [2.05, 4.69) is 34.8 Å². The Morgan fingerprint density at radius 1 is 1.00 bits per heavy atom. The number of carbonyl (C=O) groups is 1. The molecule has 1 heterocycles. The van der Waals surface area contributed by atoms with Gasteiger partial charge in [-0.3, -0.25) is 0 Å². The number of H-pyrrole nitrogens is 1. The van der Waals surface area contributed by atoms with Crippen molar-refractivity contribution >= 4 is 29.3 Å². The third kappa shape index (κ3) is 6.66. The summed E-state index contributed by atoms with van der Waals surface area (Å²) in [5, 5.41) is 19.6. The normalized spacial score (nSPS) is 10.7. The molecule has 0 saturated carbocycles. The maximum atomic E-state index is 10.5. The van der Waals surface area contributed by atoms with Crippen molar-refractivity contribution in [1.82, 2.24) is 4.98 Å². The standard InChI is InChI=1S/C23H16ClN3S.C2HF3O2/c1-27-21(17-9-7-16(15-25)8-10-17)23(28-20-13-11-19(24)12-14-20)26-22(27)18-5-3-2-4-6-18;3-2(4,5)1(6)7/h2-14H,1H3;(H,6,7). The fourth-order valence-corrected chi connectivity index (χ4v) is 4.23. The van der Waals surface area contributed by atoms with Gasteiger partial charge in [-0.05, 0) is 72.4 Å². The molecule has 3 aromatic carbocycles. The number of halogens is 4. The predicted octanol–water partition coefficient (Wildman–Crippen LogP) is 5.15. The van der Waals surface area contributed by atoms with Gasteiger partial charge in [-0.2, -0.15) is 18.4 Å². The van der Waals surface area contributed by atoms with Gasteiger partial charge in [-0.25, -0.2) is 9.55 Å². The third-order valence-electron chi connectivity index (χ3n) is 4.72. The Balaban J connectivity index is 0.000000429. The average Bonchev–Trinajstić information content (AvgIpc) is 3.16. The number of benzene rings is 3. The van der Waals surface area contributed by atoms with Crippen LogP contribution in [-0.4, -0.2) is 17.1 Å². The van der Waals surface area contributed by atoms with Crippen molar-refractivity contribution in [3.05, 3.63) is 89.4 Å².